The smallest absolute Gasteiger partial charge is 0.258 e. The lowest BCUT2D eigenvalue weighted by molar-refractivity contribution is 0.102. The molecule has 0 radical (unpaired) electrons. The summed E-state index contributed by atoms with van der Waals surface area (Å²) < 4.78 is 26.2. The molecule has 0 aliphatic heterocycles. The van der Waals surface area contributed by atoms with Crippen molar-refractivity contribution in [1.82, 2.24) is 4.98 Å². The van der Waals surface area contributed by atoms with Gasteiger partial charge in [-0.2, -0.15) is 5.26 Å². The Labute approximate surface area is 117 Å². The molecular weight excluding hydrogens is 288 g/mol. The van der Waals surface area contributed by atoms with Gasteiger partial charge in [0.15, 0.2) is 0 Å². The summed E-state index contributed by atoms with van der Waals surface area (Å²) in [7, 11) is 0. The molecule has 7 heteroatoms. The molecule has 1 aromatic heterocycles. The van der Waals surface area contributed by atoms with E-state index in [9.17, 15) is 13.6 Å². The Morgan fingerprint density at radius 3 is 2.80 bits per heavy atom. The van der Waals surface area contributed by atoms with Crippen LogP contribution in [0.5, 0.6) is 0 Å². The second-order valence-corrected chi connectivity index (χ2v) is 4.11. The molecule has 20 heavy (non-hydrogen) atoms. The zero-order chi connectivity index (χ0) is 14.7. The topological polar surface area (TPSA) is 65.8 Å². The maximum Gasteiger partial charge on any atom is 0.258 e. The van der Waals surface area contributed by atoms with Crippen LogP contribution in [0.25, 0.3) is 0 Å². The van der Waals surface area contributed by atoms with E-state index < -0.39 is 17.5 Å². The fourth-order valence-corrected chi connectivity index (χ4v) is 1.66. The Morgan fingerprint density at radius 2 is 2.10 bits per heavy atom. The number of carbonyl (C=O) groups is 1. The molecule has 0 saturated carbocycles. The fraction of sp³-hybridized carbons (Fsp3) is 0. The van der Waals surface area contributed by atoms with Gasteiger partial charge in [-0.25, -0.2) is 13.8 Å². The highest BCUT2D eigenvalue weighted by molar-refractivity contribution is 6.33. The van der Waals surface area contributed by atoms with Crippen LogP contribution in [-0.2, 0) is 0 Å². The number of benzene rings is 1. The Kier molecular flexibility index (Phi) is 3.91. The molecule has 0 aliphatic carbocycles. The Hall–Kier alpha value is -2.52. The van der Waals surface area contributed by atoms with E-state index in [2.05, 4.69) is 10.3 Å². The molecule has 0 spiro atoms. The lowest BCUT2D eigenvalue weighted by atomic mass is 10.2. The Morgan fingerprint density at radius 1 is 1.35 bits per heavy atom. The van der Waals surface area contributed by atoms with Gasteiger partial charge in [0.2, 0.25) is 0 Å². The Bertz CT molecular complexity index is 728. The molecule has 2 aromatic rings. The summed E-state index contributed by atoms with van der Waals surface area (Å²) in [6, 6.07) is 6.05. The summed E-state index contributed by atoms with van der Waals surface area (Å²) in [6.45, 7) is 0. The summed E-state index contributed by atoms with van der Waals surface area (Å²) in [5.41, 5.74) is -0.186. The SMILES string of the molecule is N#Cc1cc(NC(=O)c2cc(F)cnc2Cl)ccc1F. The number of pyridine rings is 1. The van der Waals surface area contributed by atoms with Crippen LogP contribution < -0.4 is 5.32 Å². The van der Waals surface area contributed by atoms with E-state index in [1.54, 1.807) is 6.07 Å². The first kappa shape index (κ1) is 13.9. The third-order valence-corrected chi connectivity index (χ3v) is 2.70. The number of anilines is 1. The number of nitriles is 1. The number of hydrogen-bond acceptors (Lipinski definition) is 3. The number of halogens is 3. The van der Waals surface area contributed by atoms with Crippen molar-refractivity contribution in [2.45, 2.75) is 0 Å². The maximum absolute atomic E-state index is 13.1. The molecule has 4 nitrogen and oxygen atoms in total. The van der Waals surface area contributed by atoms with Crippen LogP contribution in [0, 0.1) is 23.0 Å². The van der Waals surface area contributed by atoms with E-state index in [1.807, 2.05) is 0 Å². The van der Waals surface area contributed by atoms with Gasteiger partial charge in [-0.3, -0.25) is 4.79 Å². The predicted molar refractivity (Wildman–Crippen MR) is 68.3 cm³/mol. The van der Waals surface area contributed by atoms with Crippen molar-refractivity contribution in [3.05, 3.63) is 58.4 Å². The van der Waals surface area contributed by atoms with Crippen molar-refractivity contribution in [2.24, 2.45) is 0 Å². The maximum atomic E-state index is 13.1. The molecule has 0 aliphatic rings. The highest BCUT2D eigenvalue weighted by atomic mass is 35.5. The number of hydrogen-bond donors (Lipinski definition) is 1. The predicted octanol–water partition coefficient (Wildman–Crippen LogP) is 3.14. The van der Waals surface area contributed by atoms with Gasteiger partial charge in [0, 0.05) is 5.69 Å². The van der Waals surface area contributed by atoms with Gasteiger partial charge in [-0.1, -0.05) is 11.6 Å². The second-order valence-electron chi connectivity index (χ2n) is 3.75. The number of aromatic nitrogens is 1. The second kappa shape index (κ2) is 5.63. The number of rotatable bonds is 2. The molecule has 0 unspecified atom stereocenters. The van der Waals surface area contributed by atoms with Crippen LogP contribution in [0.4, 0.5) is 14.5 Å². The van der Waals surface area contributed by atoms with Crippen molar-refractivity contribution in [3.63, 3.8) is 0 Å². The number of nitrogens with zero attached hydrogens (tertiary/aromatic N) is 2. The highest BCUT2D eigenvalue weighted by Crippen LogP contribution is 2.18. The molecule has 0 bridgehead atoms. The standard InChI is InChI=1S/C13H6ClF2N3O/c14-12-10(4-8(15)6-18-12)13(20)19-9-1-2-11(16)7(3-9)5-17/h1-4,6H,(H,19,20). The average Bonchev–Trinajstić information content (AvgIpc) is 2.43. The molecule has 1 amide bonds. The number of nitrogens with one attached hydrogen (secondary N) is 1. The monoisotopic (exact) mass is 293 g/mol. The van der Waals surface area contributed by atoms with E-state index in [4.69, 9.17) is 16.9 Å². The van der Waals surface area contributed by atoms with Gasteiger partial charge in [0.05, 0.1) is 17.3 Å². The summed E-state index contributed by atoms with van der Waals surface area (Å²) in [5, 5.41) is 10.9. The summed E-state index contributed by atoms with van der Waals surface area (Å²) in [6.07, 6.45) is 0.880. The average molecular weight is 294 g/mol. The largest absolute Gasteiger partial charge is 0.322 e. The minimum atomic E-state index is -0.712. The van der Waals surface area contributed by atoms with Crippen LogP contribution >= 0.6 is 11.6 Å². The van der Waals surface area contributed by atoms with Gasteiger partial charge in [0.1, 0.15) is 22.9 Å². The molecule has 100 valence electrons. The van der Waals surface area contributed by atoms with E-state index >= 15 is 0 Å². The molecule has 1 N–H and O–H groups in total. The van der Waals surface area contributed by atoms with Gasteiger partial charge >= 0.3 is 0 Å². The van der Waals surface area contributed by atoms with Crippen LogP contribution in [0.2, 0.25) is 5.15 Å². The first-order valence-electron chi connectivity index (χ1n) is 5.33. The highest BCUT2D eigenvalue weighted by Gasteiger charge is 2.13. The zero-order valence-electron chi connectivity index (χ0n) is 9.82. The lowest BCUT2D eigenvalue weighted by Gasteiger charge is -2.07. The third-order valence-electron chi connectivity index (χ3n) is 2.40. The van der Waals surface area contributed by atoms with Crippen molar-refractivity contribution in [2.75, 3.05) is 5.32 Å². The number of carbonyl (C=O) groups excluding carboxylic acids is 1. The zero-order valence-corrected chi connectivity index (χ0v) is 10.6. The Balaban J connectivity index is 2.28. The van der Waals surface area contributed by atoms with Gasteiger partial charge in [0.25, 0.3) is 5.91 Å². The normalized spacial score (nSPS) is 9.90. The van der Waals surface area contributed by atoms with Crippen molar-refractivity contribution < 1.29 is 13.6 Å². The molecule has 1 aromatic carbocycles. The van der Waals surface area contributed by atoms with Crippen molar-refractivity contribution in [3.8, 4) is 6.07 Å². The molecule has 1 heterocycles. The third kappa shape index (κ3) is 2.90. The molecule has 2 rings (SSSR count). The first-order valence-corrected chi connectivity index (χ1v) is 5.71. The van der Waals surface area contributed by atoms with E-state index in [1.165, 1.54) is 6.07 Å². The van der Waals surface area contributed by atoms with Crippen molar-refractivity contribution >= 4 is 23.2 Å². The van der Waals surface area contributed by atoms with Crippen LogP contribution in [-0.4, -0.2) is 10.9 Å². The fourth-order valence-electron chi connectivity index (χ4n) is 1.47. The summed E-state index contributed by atoms with van der Waals surface area (Å²) in [4.78, 5) is 15.4. The van der Waals surface area contributed by atoms with Crippen LogP contribution in [0.3, 0.4) is 0 Å². The molecule has 0 saturated heterocycles. The van der Waals surface area contributed by atoms with Crippen LogP contribution in [0.15, 0.2) is 30.5 Å². The molecular formula is C13H6ClF2N3O. The summed E-state index contributed by atoms with van der Waals surface area (Å²) in [5.74, 6) is -2.12. The molecule has 0 fully saturated rings. The van der Waals surface area contributed by atoms with E-state index in [-0.39, 0.29) is 22.0 Å². The quantitative estimate of drug-likeness (QED) is 0.865. The number of amides is 1. The van der Waals surface area contributed by atoms with E-state index in [0.717, 1.165) is 24.4 Å². The minimum Gasteiger partial charge on any atom is -0.322 e. The summed E-state index contributed by atoms with van der Waals surface area (Å²) >= 11 is 5.69. The van der Waals surface area contributed by atoms with E-state index in [0.29, 0.717) is 0 Å². The lowest BCUT2D eigenvalue weighted by Crippen LogP contribution is -2.13. The van der Waals surface area contributed by atoms with Crippen molar-refractivity contribution in [1.29, 1.82) is 5.26 Å². The minimum absolute atomic E-state index is 0.158. The molecule has 0 atom stereocenters. The first-order chi connectivity index (χ1) is 9.51. The van der Waals surface area contributed by atoms with Gasteiger partial charge in [-0.05, 0) is 24.3 Å². The van der Waals surface area contributed by atoms with Gasteiger partial charge in [-0.15, -0.1) is 0 Å². The van der Waals surface area contributed by atoms with Gasteiger partial charge < -0.3 is 5.32 Å². The van der Waals surface area contributed by atoms with Crippen LogP contribution in [0.1, 0.15) is 15.9 Å².